The van der Waals surface area contributed by atoms with Gasteiger partial charge in [-0.15, -0.1) is 0 Å². The number of hydrogen-bond acceptors (Lipinski definition) is 5. The number of ketones is 1. The first-order valence-electron chi connectivity index (χ1n) is 5.09. The predicted molar refractivity (Wildman–Crippen MR) is 63.1 cm³/mol. The van der Waals surface area contributed by atoms with Crippen LogP contribution in [0.25, 0.3) is 0 Å². The van der Waals surface area contributed by atoms with E-state index < -0.39 is 23.3 Å². The fourth-order valence-electron chi connectivity index (χ4n) is 1.31. The van der Waals surface area contributed by atoms with Crippen LogP contribution in [0.5, 0.6) is 0 Å². The second-order valence-electron chi connectivity index (χ2n) is 3.84. The van der Waals surface area contributed by atoms with E-state index in [2.05, 4.69) is 4.99 Å². The van der Waals surface area contributed by atoms with Gasteiger partial charge in [0, 0.05) is 6.54 Å². The molecular formula is C9H19N5O3. The van der Waals surface area contributed by atoms with E-state index in [-0.39, 0.29) is 25.3 Å². The minimum Gasteiger partial charge on any atom is -0.480 e. The van der Waals surface area contributed by atoms with Crippen LogP contribution >= 0.6 is 0 Å². The van der Waals surface area contributed by atoms with Gasteiger partial charge in [0.25, 0.3) is 0 Å². The molecule has 98 valence electrons. The minimum atomic E-state index is -1.98. The summed E-state index contributed by atoms with van der Waals surface area (Å²) in [5.41, 5.74) is 19.1. The molecule has 0 fully saturated rings. The maximum atomic E-state index is 11.6. The highest BCUT2D eigenvalue weighted by Crippen LogP contribution is 2.13. The Bertz CT molecular complexity index is 325. The minimum absolute atomic E-state index is 0.0700. The first-order chi connectivity index (χ1) is 7.71. The molecule has 0 radical (unpaired) electrons. The van der Waals surface area contributed by atoms with Crippen LogP contribution in [0.4, 0.5) is 0 Å². The molecule has 0 aliphatic carbocycles. The van der Waals surface area contributed by atoms with E-state index in [0.717, 1.165) is 0 Å². The number of guanidine groups is 1. The Balaban J connectivity index is 4.59. The Labute approximate surface area is 99.0 Å². The van der Waals surface area contributed by atoms with Gasteiger partial charge in [0.05, 0.1) is 6.04 Å². The van der Waals surface area contributed by atoms with Gasteiger partial charge in [-0.1, -0.05) is 0 Å². The summed E-state index contributed by atoms with van der Waals surface area (Å²) in [5.74, 6) is -2.21. The predicted octanol–water partition coefficient (Wildman–Crippen LogP) is -2.26. The molecule has 17 heavy (non-hydrogen) atoms. The Morgan fingerprint density at radius 1 is 1.41 bits per heavy atom. The third-order valence-corrected chi connectivity index (χ3v) is 2.26. The average molecular weight is 245 g/mol. The zero-order chi connectivity index (χ0) is 13.6. The molecule has 8 heteroatoms. The SMILES string of the molecule is C[C@H](N)C(=O)[C@](N)(CCCN=C(N)N)C(=O)O. The van der Waals surface area contributed by atoms with Crippen molar-refractivity contribution >= 4 is 17.7 Å². The lowest BCUT2D eigenvalue weighted by atomic mass is 9.86. The van der Waals surface area contributed by atoms with E-state index in [0.29, 0.717) is 0 Å². The number of aliphatic imine (C=N–C) groups is 1. The zero-order valence-corrected chi connectivity index (χ0v) is 9.72. The fourth-order valence-corrected chi connectivity index (χ4v) is 1.31. The number of hydrogen-bond donors (Lipinski definition) is 5. The molecule has 0 rings (SSSR count). The van der Waals surface area contributed by atoms with Crippen LogP contribution in [-0.2, 0) is 9.59 Å². The number of Topliss-reactive ketones (excluding diaryl/α,β-unsaturated/α-hetero) is 1. The van der Waals surface area contributed by atoms with E-state index in [1.807, 2.05) is 0 Å². The first-order valence-corrected chi connectivity index (χ1v) is 5.09. The number of carboxylic acid groups (broad SMARTS) is 1. The third-order valence-electron chi connectivity index (χ3n) is 2.26. The summed E-state index contributed by atoms with van der Waals surface area (Å²) in [7, 11) is 0. The molecule has 2 atom stereocenters. The normalized spacial score (nSPS) is 15.7. The van der Waals surface area contributed by atoms with Gasteiger partial charge in [0.1, 0.15) is 0 Å². The van der Waals surface area contributed by atoms with Crippen molar-refractivity contribution in [3.05, 3.63) is 0 Å². The molecule has 0 aromatic heterocycles. The number of nitrogens with zero attached hydrogens (tertiary/aromatic N) is 1. The van der Waals surface area contributed by atoms with Crippen molar-refractivity contribution in [2.75, 3.05) is 6.54 Å². The van der Waals surface area contributed by atoms with Crippen molar-refractivity contribution in [3.8, 4) is 0 Å². The molecule has 0 saturated heterocycles. The highest BCUT2D eigenvalue weighted by atomic mass is 16.4. The summed E-state index contributed by atoms with van der Waals surface area (Å²) < 4.78 is 0. The van der Waals surface area contributed by atoms with E-state index in [4.69, 9.17) is 28.0 Å². The summed E-state index contributed by atoms with van der Waals surface area (Å²) in [6.45, 7) is 1.60. The highest BCUT2D eigenvalue weighted by Gasteiger charge is 2.42. The Morgan fingerprint density at radius 2 is 1.94 bits per heavy atom. The fraction of sp³-hybridized carbons (Fsp3) is 0.667. The Morgan fingerprint density at radius 3 is 2.29 bits per heavy atom. The van der Waals surface area contributed by atoms with Gasteiger partial charge < -0.3 is 28.0 Å². The molecule has 0 aliphatic rings. The summed E-state index contributed by atoms with van der Waals surface area (Å²) in [6.07, 6.45) is 0.207. The number of carboxylic acids is 1. The zero-order valence-electron chi connectivity index (χ0n) is 9.72. The average Bonchev–Trinajstić information content (AvgIpc) is 2.22. The molecule has 0 aromatic rings. The van der Waals surface area contributed by atoms with Gasteiger partial charge in [-0.3, -0.25) is 9.79 Å². The molecule has 0 aliphatic heterocycles. The van der Waals surface area contributed by atoms with Crippen molar-refractivity contribution in [2.24, 2.45) is 27.9 Å². The maximum absolute atomic E-state index is 11.6. The van der Waals surface area contributed by atoms with Gasteiger partial charge in [0.15, 0.2) is 17.3 Å². The number of carbonyl (C=O) groups is 2. The molecule has 0 amide bonds. The van der Waals surface area contributed by atoms with Crippen LogP contribution < -0.4 is 22.9 Å². The van der Waals surface area contributed by atoms with Crippen LogP contribution in [0.1, 0.15) is 19.8 Å². The molecular weight excluding hydrogens is 226 g/mol. The molecule has 9 N–H and O–H groups in total. The summed E-state index contributed by atoms with van der Waals surface area (Å²) >= 11 is 0. The van der Waals surface area contributed by atoms with E-state index in [1.165, 1.54) is 6.92 Å². The van der Waals surface area contributed by atoms with Crippen LogP contribution in [-0.4, -0.2) is 40.9 Å². The van der Waals surface area contributed by atoms with Crippen molar-refractivity contribution in [1.82, 2.24) is 0 Å². The van der Waals surface area contributed by atoms with E-state index in [1.54, 1.807) is 0 Å². The van der Waals surface area contributed by atoms with Gasteiger partial charge in [-0.25, -0.2) is 4.79 Å². The maximum Gasteiger partial charge on any atom is 0.331 e. The first kappa shape index (κ1) is 15.3. The molecule has 0 heterocycles. The van der Waals surface area contributed by atoms with Crippen LogP contribution in [0, 0.1) is 0 Å². The second-order valence-corrected chi connectivity index (χ2v) is 3.84. The lowest BCUT2D eigenvalue weighted by Gasteiger charge is -2.24. The lowest BCUT2D eigenvalue weighted by Crippen LogP contribution is -2.59. The quantitative estimate of drug-likeness (QED) is 0.146. The van der Waals surface area contributed by atoms with Crippen molar-refractivity contribution < 1.29 is 14.7 Å². The molecule has 0 saturated carbocycles. The van der Waals surface area contributed by atoms with Crippen molar-refractivity contribution in [3.63, 3.8) is 0 Å². The Hall–Kier alpha value is -1.67. The number of nitrogens with two attached hydrogens (primary N) is 4. The van der Waals surface area contributed by atoms with Crippen LogP contribution in [0.15, 0.2) is 4.99 Å². The summed E-state index contributed by atoms with van der Waals surface area (Å²) in [5, 5.41) is 8.97. The standard InChI is InChI=1S/C9H19N5O3/c1-5(10)6(15)9(13,7(16)17)3-2-4-14-8(11)12/h5H,2-4,10,13H2,1H3,(H,16,17)(H4,11,12,14)/t5-,9+/m0/s1. The monoisotopic (exact) mass is 245 g/mol. The molecule has 0 bridgehead atoms. The van der Waals surface area contributed by atoms with Crippen LogP contribution in [0.2, 0.25) is 0 Å². The number of carbonyl (C=O) groups excluding carboxylic acids is 1. The van der Waals surface area contributed by atoms with Gasteiger partial charge in [-0.2, -0.15) is 0 Å². The van der Waals surface area contributed by atoms with Crippen LogP contribution in [0.3, 0.4) is 0 Å². The summed E-state index contributed by atoms with van der Waals surface area (Å²) in [6, 6.07) is -0.931. The third kappa shape index (κ3) is 4.37. The van der Waals surface area contributed by atoms with Crippen molar-refractivity contribution in [2.45, 2.75) is 31.3 Å². The van der Waals surface area contributed by atoms with E-state index in [9.17, 15) is 9.59 Å². The smallest absolute Gasteiger partial charge is 0.331 e. The largest absolute Gasteiger partial charge is 0.480 e. The highest BCUT2D eigenvalue weighted by molar-refractivity contribution is 6.09. The topological polar surface area (TPSA) is 171 Å². The molecule has 0 unspecified atom stereocenters. The lowest BCUT2D eigenvalue weighted by molar-refractivity contribution is -0.149. The van der Waals surface area contributed by atoms with E-state index >= 15 is 0 Å². The van der Waals surface area contributed by atoms with Gasteiger partial charge in [0.2, 0.25) is 0 Å². The Kier molecular flexibility index (Phi) is 5.56. The van der Waals surface area contributed by atoms with Gasteiger partial charge in [-0.05, 0) is 19.8 Å². The van der Waals surface area contributed by atoms with Gasteiger partial charge >= 0.3 is 5.97 Å². The second kappa shape index (κ2) is 6.16. The molecule has 0 spiro atoms. The van der Waals surface area contributed by atoms with Crippen molar-refractivity contribution in [1.29, 1.82) is 0 Å². The number of aliphatic carboxylic acids is 1. The number of rotatable bonds is 7. The summed E-state index contributed by atoms with van der Waals surface area (Å²) in [4.78, 5) is 26.3. The molecule has 0 aromatic carbocycles. The molecule has 8 nitrogen and oxygen atoms in total.